The van der Waals surface area contributed by atoms with Gasteiger partial charge in [-0.25, -0.2) is 14.3 Å². The van der Waals surface area contributed by atoms with Gasteiger partial charge in [-0.3, -0.25) is 14.2 Å². The number of aromatic nitrogens is 4. The number of fused-ring (bicyclic) bond motifs is 1. The molecule has 35 heavy (non-hydrogen) atoms. The van der Waals surface area contributed by atoms with Gasteiger partial charge in [0.05, 0.1) is 38.3 Å². The number of benzene rings is 2. The van der Waals surface area contributed by atoms with E-state index in [0.29, 0.717) is 28.6 Å². The zero-order chi connectivity index (χ0) is 24.5. The average Bonchev–Trinajstić information content (AvgIpc) is 3.53. The zero-order valence-electron chi connectivity index (χ0n) is 19.0. The summed E-state index contributed by atoms with van der Waals surface area (Å²) < 4.78 is 14.9. The van der Waals surface area contributed by atoms with Crippen molar-refractivity contribution in [3.05, 3.63) is 86.3 Å². The van der Waals surface area contributed by atoms with E-state index in [1.54, 1.807) is 48.5 Å². The summed E-state index contributed by atoms with van der Waals surface area (Å²) in [6.45, 7) is 0.591. The molecule has 2 aromatic heterocycles. The van der Waals surface area contributed by atoms with Crippen molar-refractivity contribution in [1.82, 2.24) is 18.7 Å². The Kier molecular flexibility index (Phi) is 6.27. The largest absolute Gasteiger partial charge is 0.497 e. The minimum absolute atomic E-state index is 0.121. The number of ketones is 1. The molecule has 0 unspecified atom stereocenters. The first-order valence-electron chi connectivity index (χ1n) is 11.2. The van der Waals surface area contributed by atoms with Crippen molar-refractivity contribution >= 4 is 28.5 Å². The number of carbonyl (C=O) groups is 1. The van der Waals surface area contributed by atoms with Gasteiger partial charge >= 0.3 is 5.69 Å². The molecule has 0 N–H and O–H groups in total. The van der Waals surface area contributed by atoms with E-state index in [1.165, 1.54) is 27.1 Å². The van der Waals surface area contributed by atoms with Crippen molar-refractivity contribution in [3.8, 4) is 11.4 Å². The second-order valence-electron chi connectivity index (χ2n) is 8.35. The Morgan fingerprint density at radius 1 is 1.20 bits per heavy atom. The van der Waals surface area contributed by atoms with Crippen LogP contribution in [0.15, 0.2) is 64.4 Å². The Balaban J connectivity index is 1.65. The predicted octanol–water partition coefficient (Wildman–Crippen LogP) is 3.07. The molecule has 2 aromatic carbocycles. The van der Waals surface area contributed by atoms with E-state index in [4.69, 9.17) is 21.1 Å². The zero-order valence-corrected chi connectivity index (χ0v) is 19.8. The summed E-state index contributed by atoms with van der Waals surface area (Å²) in [5.41, 5.74) is 0.247. The van der Waals surface area contributed by atoms with Crippen LogP contribution in [0.1, 0.15) is 23.2 Å². The molecular formula is C25H23ClN4O5. The van der Waals surface area contributed by atoms with Crippen molar-refractivity contribution < 1.29 is 14.3 Å². The minimum Gasteiger partial charge on any atom is -0.497 e. The fourth-order valence-electron chi connectivity index (χ4n) is 4.32. The van der Waals surface area contributed by atoms with Gasteiger partial charge < -0.3 is 14.0 Å². The number of imidazole rings is 1. The molecule has 0 bridgehead atoms. The maximum Gasteiger partial charge on any atom is 0.337 e. The molecule has 1 fully saturated rings. The third kappa shape index (κ3) is 4.40. The van der Waals surface area contributed by atoms with Crippen molar-refractivity contribution in [1.29, 1.82) is 0 Å². The highest BCUT2D eigenvalue weighted by Gasteiger charge is 2.24. The van der Waals surface area contributed by atoms with Gasteiger partial charge in [-0.15, -0.1) is 0 Å². The van der Waals surface area contributed by atoms with E-state index in [-0.39, 0.29) is 36.1 Å². The molecule has 1 saturated heterocycles. The van der Waals surface area contributed by atoms with Crippen molar-refractivity contribution in [2.75, 3.05) is 13.7 Å². The number of halogens is 1. The Labute approximate surface area is 205 Å². The fourth-order valence-corrected chi connectivity index (χ4v) is 4.44. The van der Waals surface area contributed by atoms with Crippen LogP contribution in [0, 0.1) is 0 Å². The van der Waals surface area contributed by atoms with Crippen LogP contribution in [0.2, 0.25) is 5.02 Å². The van der Waals surface area contributed by atoms with E-state index in [9.17, 15) is 14.4 Å². The molecule has 10 heteroatoms. The van der Waals surface area contributed by atoms with Gasteiger partial charge in [0.1, 0.15) is 5.75 Å². The summed E-state index contributed by atoms with van der Waals surface area (Å²) >= 11 is 6.04. The molecule has 4 aromatic rings. The normalized spacial score (nSPS) is 15.5. The van der Waals surface area contributed by atoms with Crippen LogP contribution in [0.4, 0.5) is 0 Å². The summed E-state index contributed by atoms with van der Waals surface area (Å²) in [5, 5.41) is 0.514. The monoisotopic (exact) mass is 494 g/mol. The molecule has 0 radical (unpaired) electrons. The molecule has 1 atom stereocenters. The minimum atomic E-state index is -0.523. The number of methoxy groups -OCH3 is 1. The number of nitrogens with zero attached hydrogens (tertiary/aromatic N) is 4. The maximum atomic E-state index is 13.6. The highest BCUT2D eigenvalue weighted by atomic mass is 35.5. The lowest BCUT2D eigenvalue weighted by Gasteiger charge is -2.15. The summed E-state index contributed by atoms with van der Waals surface area (Å²) in [5.74, 6) is 0.333. The molecule has 0 spiro atoms. The van der Waals surface area contributed by atoms with Gasteiger partial charge in [0.15, 0.2) is 16.9 Å². The highest BCUT2D eigenvalue weighted by molar-refractivity contribution is 6.30. The molecular weight excluding hydrogens is 472 g/mol. The smallest absolute Gasteiger partial charge is 0.337 e. The van der Waals surface area contributed by atoms with Crippen LogP contribution in [0.25, 0.3) is 16.9 Å². The van der Waals surface area contributed by atoms with Gasteiger partial charge in [-0.1, -0.05) is 23.7 Å². The Hall–Kier alpha value is -3.69. The molecule has 3 heterocycles. The van der Waals surface area contributed by atoms with Gasteiger partial charge in [0.25, 0.3) is 5.56 Å². The van der Waals surface area contributed by atoms with Crippen LogP contribution in [0.5, 0.6) is 5.75 Å². The van der Waals surface area contributed by atoms with Gasteiger partial charge in [-0.05, 0) is 49.2 Å². The quantitative estimate of drug-likeness (QED) is 0.366. The lowest BCUT2D eigenvalue weighted by molar-refractivity contribution is 0.0947. The molecule has 9 nitrogen and oxygen atoms in total. The van der Waals surface area contributed by atoms with Crippen molar-refractivity contribution in [3.63, 3.8) is 0 Å². The number of hydrogen-bond acceptors (Lipinski definition) is 6. The van der Waals surface area contributed by atoms with Gasteiger partial charge in [-0.2, -0.15) is 0 Å². The number of carbonyl (C=O) groups excluding carboxylic acids is 1. The Morgan fingerprint density at radius 3 is 2.71 bits per heavy atom. The average molecular weight is 495 g/mol. The Bertz CT molecular complexity index is 1510. The Morgan fingerprint density at radius 2 is 2.00 bits per heavy atom. The first kappa shape index (κ1) is 23.1. The van der Waals surface area contributed by atoms with Crippen LogP contribution in [0.3, 0.4) is 0 Å². The summed E-state index contributed by atoms with van der Waals surface area (Å²) in [6.07, 6.45) is 2.82. The number of ether oxygens (including phenoxy) is 2. The standard InChI is InChI=1S/C25H23ClN4O5/c1-34-19-5-2-4-16(12-19)21(31)14-28-15-27-23-22(28)24(32)29(13-20-6-3-11-35-20)25(33)30(23)18-9-7-17(26)8-10-18/h2,4-5,7-10,12,15,20H,3,6,11,13-14H2,1H3/t20-/m0/s1. The van der Waals surface area contributed by atoms with Gasteiger partial charge in [0, 0.05) is 17.2 Å². The van der Waals surface area contributed by atoms with Crippen molar-refractivity contribution in [2.45, 2.75) is 32.0 Å². The summed E-state index contributed by atoms with van der Waals surface area (Å²) in [7, 11) is 1.53. The topological polar surface area (TPSA) is 97.4 Å². The lowest BCUT2D eigenvalue weighted by Crippen LogP contribution is -2.42. The van der Waals surface area contributed by atoms with Gasteiger partial charge in [0.2, 0.25) is 0 Å². The van der Waals surface area contributed by atoms with Crippen LogP contribution < -0.4 is 16.0 Å². The molecule has 0 amide bonds. The number of hydrogen-bond donors (Lipinski definition) is 0. The first-order chi connectivity index (χ1) is 17.0. The van der Waals surface area contributed by atoms with E-state index in [1.807, 2.05) is 0 Å². The van der Waals surface area contributed by atoms with Crippen LogP contribution in [-0.2, 0) is 17.8 Å². The molecule has 5 rings (SSSR count). The molecule has 180 valence electrons. The lowest BCUT2D eigenvalue weighted by atomic mass is 10.1. The van der Waals surface area contributed by atoms with Crippen LogP contribution >= 0.6 is 11.6 Å². The SMILES string of the molecule is COc1cccc(C(=O)Cn2cnc3c2c(=O)n(C[C@@H]2CCCO2)c(=O)n3-c2ccc(Cl)cc2)c1. The second kappa shape index (κ2) is 9.52. The third-order valence-electron chi connectivity index (χ3n) is 6.10. The molecule has 1 aliphatic heterocycles. The van der Waals surface area contributed by atoms with E-state index in [2.05, 4.69) is 4.98 Å². The number of Topliss-reactive ketones (excluding diaryl/α,β-unsaturated/α-hetero) is 1. The van der Waals surface area contributed by atoms with E-state index < -0.39 is 11.2 Å². The number of rotatable bonds is 7. The van der Waals surface area contributed by atoms with Crippen LogP contribution in [-0.4, -0.2) is 44.3 Å². The van der Waals surface area contributed by atoms with E-state index >= 15 is 0 Å². The third-order valence-corrected chi connectivity index (χ3v) is 6.35. The maximum absolute atomic E-state index is 13.6. The molecule has 1 aliphatic rings. The predicted molar refractivity (Wildman–Crippen MR) is 131 cm³/mol. The molecule has 0 saturated carbocycles. The summed E-state index contributed by atoms with van der Waals surface area (Å²) in [4.78, 5) is 44.5. The summed E-state index contributed by atoms with van der Waals surface area (Å²) in [6, 6.07) is 13.5. The molecule has 0 aliphatic carbocycles. The van der Waals surface area contributed by atoms with E-state index in [0.717, 1.165) is 12.8 Å². The first-order valence-corrected chi connectivity index (χ1v) is 11.6. The highest BCUT2D eigenvalue weighted by Crippen LogP contribution is 2.19. The second-order valence-corrected chi connectivity index (χ2v) is 8.78. The fraction of sp³-hybridized carbons (Fsp3) is 0.280. The van der Waals surface area contributed by atoms with Crippen molar-refractivity contribution in [2.24, 2.45) is 0 Å².